The second-order valence-electron chi connectivity index (χ2n) is 3.05. The van der Waals surface area contributed by atoms with Crippen LogP contribution in [-0.2, 0) is 4.74 Å². The molecule has 5 heteroatoms. The summed E-state index contributed by atoms with van der Waals surface area (Å²) in [5.74, 6) is -0.525. The molecule has 1 aromatic carbocycles. The van der Waals surface area contributed by atoms with E-state index in [2.05, 4.69) is 5.32 Å². The molecule has 82 valence electrons. The first-order valence-corrected chi connectivity index (χ1v) is 4.58. The van der Waals surface area contributed by atoms with Crippen LogP contribution >= 0.6 is 0 Å². The lowest BCUT2D eigenvalue weighted by Crippen LogP contribution is -2.16. The normalized spacial score (nSPS) is 9.93. The van der Waals surface area contributed by atoms with Gasteiger partial charge in [-0.2, -0.15) is 0 Å². The second-order valence-corrected chi connectivity index (χ2v) is 3.05. The highest BCUT2D eigenvalue weighted by molar-refractivity contribution is 6.00. The predicted molar refractivity (Wildman–Crippen MR) is 59.7 cm³/mol. The lowest BCUT2D eigenvalue weighted by molar-refractivity contribution is 0.100. The Morgan fingerprint density at radius 2 is 2.27 bits per heavy atom. The van der Waals surface area contributed by atoms with E-state index in [9.17, 15) is 4.79 Å². The molecule has 0 heterocycles. The van der Waals surface area contributed by atoms with E-state index in [-0.39, 0.29) is 0 Å². The maximum atomic E-state index is 11.0. The SMILES string of the molecule is COCCNc1cccc(C(N)=O)c1N. The number of carbonyl (C=O) groups excluding carboxylic acids is 1. The molecule has 5 nitrogen and oxygen atoms in total. The van der Waals surface area contributed by atoms with Crippen LogP contribution < -0.4 is 16.8 Å². The van der Waals surface area contributed by atoms with Crippen LogP contribution in [0.15, 0.2) is 18.2 Å². The summed E-state index contributed by atoms with van der Waals surface area (Å²) in [7, 11) is 1.62. The molecule has 0 aliphatic rings. The zero-order valence-electron chi connectivity index (χ0n) is 8.62. The average molecular weight is 209 g/mol. The molecule has 0 atom stereocenters. The standard InChI is InChI=1S/C10H15N3O2/c1-15-6-5-13-8-4-2-3-7(9(8)11)10(12)14/h2-4,13H,5-6,11H2,1H3,(H2,12,14). The van der Waals surface area contributed by atoms with Crippen LogP contribution in [0.3, 0.4) is 0 Å². The van der Waals surface area contributed by atoms with Crippen LogP contribution in [0.4, 0.5) is 11.4 Å². The molecule has 0 spiro atoms. The van der Waals surface area contributed by atoms with Gasteiger partial charge in [-0.05, 0) is 12.1 Å². The fourth-order valence-electron chi connectivity index (χ4n) is 1.22. The number of nitrogen functional groups attached to an aromatic ring is 1. The first-order chi connectivity index (χ1) is 7.16. The number of hydrogen-bond donors (Lipinski definition) is 3. The van der Waals surface area contributed by atoms with Gasteiger partial charge in [0.05, 0.1) is 23.5 Å². The topological polar surface area (TPSA) is 90.4 Å². The molecule has 0 unspecified atom stereocenters. The quantitative estimate of drug-likeness (QED) is 0.484. The van der Waals surface area contributed by atoms with E-state index in [0.717, 1.165) is 0 Å². The van der Waals surface area contributed by atoms with Crippen molar-refractivity contribution in [2.75, 3.05) is 31.3 Å². The summed E-state index contributed by atoms with van der Waals surface area (Å²) < 4.78 is 4.89. The summed E-state index contributed by atoms with van der Waals surface area (Å²) in [6, 6.07) is 5.11. The van der Waals surface area contributed by atoms with Crippen molar-refractivity contribution in [3.63, 3.8) is 0 Å². The van der Waals surface area contributed by atoms with Crippen molar-refractivity contribution in [1.82, 2.24) is 0 Å². The lowest BCUT2D eigenvalue weighted by Gasteiger charge is -2.10. The molecule has 0 fully saturated rings. The number of ether oxygens (including phenoxy) is 1. The maximum Gasteiger partial charge on any atom is 0.250 e. The van der Waals surface area contributed by atoms with E-state index in [1.165, 1.54) is 0 Å². The first kappa shape index (κ1) is 11.3. The molecule has 0 bridgehead atoms. The fraction of sp³-hybridized carbons (Fsp3) is 0.300. The number of methoxy groups -OCH3 is 1. The molecule has 1 amide bonds. The van der Waals surface area contributed by atoms with Crippen molar-refractivity contribution < 1.29 is 9.53 Å². The number of hydrogen-bond acceptors (Lipinski definition) is 4. The average Bonchev–Trinajstić information content (AvgIpc) is 2.20. The van der Waals surface area contributed by atoms with Crippen molar-refractivity contribution in [2.24, 2.45) is 5.73 Å². The number of primary amides is 1. The molecule has 0 saturated heterocycles. The second kappa shape index (κ2) is 5.21. The number of para-hydroxylation sites is 1. The van der Waals surface area contributed by atoms with Crippen LogP contribution in [0, 0.1) is 0 Å². The molecule has 0 aliphatic carbocycles. The molecule has 5 N–H and O–H groups in total. The number of anilines is 2. The molecule has 0 radical (unpaired) electrons. The number of amides is 1. The lowest BCUT2D eigenvalue weighted by atomic mass is 10.1. The Hall–Kier alpha value is -1.75. The van der Waals surface area contributed by atoms with E-state index in [0.29, 0.717) is 30.1 Å². The molecule has 0 aromatic heterocycles. The minimum Gasteiger partial charge on any atom is -0.396 e. The highest BCUT2D eigenvalue weighted by Crippen LogP contribution is 2.21. The highest BCUT2D eigenvalue weighted by Gasteiger charge is 2.08. The van der Waals surface area contributed by atoms with Gasteiger partial charge in [0.25, 0.3) is 5.91 Å². The Bertz CT molecular complexity index is 353. The minimum absolute atomic E-state index is 0.331. The van der Waals surface area contributed by atoms with Gasteiger partial charge in [0, 0.05) is 13.7 Å². The van der Waals surface area contributed by atoms with Gasteiger partial charge < -0.3 is 21.5 Å². The molecule has 1 aromatic rings. The van der Waals surface area contributed by atoms with E-state index in [1.807, 2.05) is 0 Å². The largest absolute Gasteiger partial charge is 0.396 e. The van der Waals surface area contributed by atoms with Crippen LogP contribution in [0.5, 0.6) is 0 Å². The number of carbonyl (C=O) groups is 1. The Morgan fingerprint density at radius 1 is 1.53 bits per heavy atom. The Morgan fingerprint density at radius 3 is 2.87 bits per heavy atom. The van der Waals surface area contributed by atoms with Gasteiger partial charge in [-0.3, -0.25) is 4.79 Å². The third-order valence-corrected chi connectivity index (χ3v) is 1.99. The number of rotatable bonds is 5. The van der Waals surface area contributed by atoms with Crippen molar-refractivity contribution in [1.29, 1.82) is 0 Å². The molecular formula is C10H15N3O2. The van der Waals surface area contributed by atoms with Crippen molar-refractivity contribution in [2.45, 2.75) is 0 Å². The number of nitrogens with two attached hydrogens (primary N) is 2. The first-order valence-electron chi connectivity index (χ1n) is 4.58. The van der Waals surface area contributed by atoms with Crippen LogP contribution in [0.1, 0.15) is 10.4 Å². The maximum absolute atomic E-state index is 11.0. The van der Waals surface area contributed by atoms with Gasteiger partial charge in [-0.25, -0.2) is 0 Å². The van der Waals surface area contributed by atoms with E-state index in [1.54, 1.807) is 25.3 Å². The van der Waals surface area contributed by atoms with Gasteiger partial charge in [0.15, 0.2) is 0 Å². The number of nitrogens with one attached hydrogen (secondary N) is 1. The van der Waals surface area contributed by atoms with Crippen molar-refractivity contribution >= 4 is 17.3 Å². The van der Waals surface area contributed by atoms with Crippen molar-refractivity contribution in [3.8, 4) is 0 Å². The zero-order valence-corrected chi connectivity index (χ0v) is 8.62. The van der Waals surface area contributed by atoms with Gasteiger partial charge in [-0.15, -0.1) is 0 Å². The Balaban J connectivity index is 2.80. The molecular weight excluding hydrogens is 194 g/mol. The van der Waals surface area contributed by atoms with Crippen molar-refractivity contribution in [3.05, 3.63) is 23.8 Å². The third kappa shape index (κ3) is 2.85. The van der Waals surface area contributed by atoms with Gasteiger partial charge >= 0.3 is 0 Å². The summed E-state index contributed by atoms with van der Waals surface area (Å²) in [5, 5.41) is 3.05. The highest BCUT2D eigenvalue weighted by atomic mass is 16.5. The summed E-state index contributed by atoms with van der Waals surface area (Å²) >= 11 is 0. The monoisotopic (exact) mass is 209 g/mol. The molecule has 0 aliphatic heterocycles. The Labute approximate surface area is 88.4 Å². The van der Waals surface area contributed by atoms with Crippen LogP contribution in [-0.4, -0.2) is 26.2 Å². The summed E-state index contributed by atoms with van der Waals surface area (Å²) in [6.45, 7) is 1.20. The Kier molecular flexibility index (Phi) is 3.93. The smallest absolute Gasteiger partial charge is 0.250 e. The van der Waals surface area contributed by atoms with Crippen LogP contribution in [0.2, 0.25) is 0 Å². The summed E-state index contributed by atoms with van der Waals surface area (Å²) in [6.07, 6.45) is 0. The molecule has 15 heavy (non-hydrogen) atoms. The van der Waals surface area contributed by atoms with Crippen LogP contribution in [0.25, 0.3) is 0 Å². The van der Waals surface area contributed by atoms with E-state index >= 15 is 0 Å². The molecule has 0 saturated carbocycles. The number of benzene rings is 1. The van der Waals surface area contributed by atoms with Gasteiger partial charge in [-0.1, -0.05) is 6.07 Å². The van der Waals surface area contributed by atoms with Gasteiger partial charge in [0.1, 0.15) is 0 Å². The predicted octanol–water partition coefficient (Wildman–Crippen LogP) is 0.426. The van der Waals surface area contributed by atoms with E-state index in [4.69, 9.17) is 16.2 Å². The van der Waals surface area contributed by atoms with Gasteiger partial charge in [0.2, 0.25) is 0 Å². The fourth-order valence-corrected chi connectivity index (χ4v) is 1.22. The molecule has 1 rings (SSSR count). The zero-order chi connectivity index (χ0) is 11.3. The van der Waals surface area contributed by atoms with E-state index < -0.39 is 5.91 Å². The third-order valence-electron chi connectivity index (χ3n) is 1.99. The summed E-state index contributed by atoms with van der Waals surface area (Å²) in [5.41, 5.74) is 12.3. The minimum atomic E-state index is -0.525. The summed E-state index contributed by atoms with van der Waals surface area (Å²) in [4.78, 5) is 11.0.